The van der Waals surface area contributed by atoms with E-state index in [-0.39, 0.29) is 5.91 Å². The van der Waals surface area contributed by atoms with Gasteiger partial charge in [-0.3, -0.25) is 4.79 Å². The molecule has 0 saturated heterocycles. The van der Waals surface area contributed by atoms with Crippen LogP contribution >= 0.6 is 0 Å². The molecule has 0 atom stereocenters. The molecule has 21 heavy (non-hydrogen) atoms. The molecule has 6 nitrogen and oxygen atoms in total. The first-order valence-corrected chi connectivity index (χ1v) is 7.36. The highest BCUT2D eigenvalue weighted by Gasteiger charge is 2.16. The molecule has 1 heterocycles. The number of benzene rings is 1. The van der Waals surface area contributed by atoms with Crippen molar-refractivity contribution in [3.05, 3.63) is 35.7 Å². The predicted molar refractivity (Wildman–Crippen MR) is 78.2 cm³/mol. The van der Waals surface area contributed by atoms with Crippen LogP contribution in [0.1, 0.15) is 41.6 Å². The first-order chi connectivity index (χ1) is 10.2. The predicted octanol–water partition coefficient (Wildman–Crippen LogP) is 1.89. The zero-order valence-electron chi connectivity index (χ0n) is 12.1. The first-order valence-electron chi connectivity index (χ1n) is 7.36. The average Bonchev–Trinajstić information content (AvgIpc) is 3.17. The van der Waals surface area contributed by atoms with Crippen LogP contribution in [0.3, 0.4) is 0 Å². The standard InChI is InChI=1S/C15H19N5O/c1-11-8-13(6-7-14(11)20-10-17-18-19-20)15(21)16-9-12-4-2-3-5-12/h6-8,10,12H,2-5,9H2,1H3,(H,16,21). The van der Waals surface area contributed by atoms with Gasteiger partial charge < -0.3 is 5.32 Å². The molecule has 1 N–H and O–H groups in total. The van der Waals surface area contributed by atoms with Gasteiger partial charge in [-0.25, -0.2) is 4.68 Å². The molecule has 2 aromatic rings. The SMILES string of the molecule is Cc1cc(C(=O)NCC2CCCC2)ccc1-n1cnnn1. The highest BCUT2D eigenvalue weighted by Crippen LogP contribution is 2.23. The molecule has 1 saturated carbocycles. The largest absolute Gasteiger partial charge is 0.352 e. The van der Waals surface area contributed by atoms with Crippen molar-refractivity contribution in [2.45, 2.75) is 32.6 Å². The third kappa shape index (κ3) is 3.09. The van der Waals surface area contributed by atoms with E-state index in [0.29, 0.717) is 11.5 Å². The number of nitrogens with one attached hydrogen (secondary N) is 1. The second-order valence-corrected chi connectivity index (χ2v) is 5.62. The number of rotatable bonds is 4. The lowest BCUT2D eigenvalue weighted by Gasteiger charge is -2.12. The Labute approximate surface area is 123 Å². The third-order valence-electron chi connectivity index (χ3n) is 4.08. The summed E-state index contributed by atoms with van der Waals surface area (Å²) in [6.07, 6.45) is 6.60. The first kappa shape index (κ1) is 13.7. The van der Waals surface area contributed by atoms with Crippen molar-refractivity contribution in [3.8, 4) is 5.69 Å². The Balaban J connectivity index is 1.68. The Hall–Kier alpha value is -2.24. The van der Waals surface area contributed by atoms with Crippen LogP contribution in [0, 0.1) is 12.8 Å². The average molecular weight is 285 g/mol. The Kier molecular flexibility index (Phi) is 3.94. The van der Waals surface area contributed by atoms with E-state index in [1.54, 1.807) is 11.0 Å². The van der Waals surface area contributed by atoms with Crippen LogP contribution in [0.2, 0.25) is 0 Å². The van der Waals surface area contributed by atoms with Crippen LogP contribution < -0.4 is 5.32 Å². The molecular weight excluding hydrogens is 266 g/mol. The maximum atomic E-state index is 12.2. The van der Waals surface area contributed by atoms with E-state index in [1.807, 2.05) is 25.1 Å². The molecule has 1 fully saturated rings. The molecule has 3 rings (SSSR count). The van der Waals surface area contributed by atoms with Gasteiger partial charge in [0.2, 0.25) is 0 Å². The molecule has 1 aromatic carbocycles. The zero-order valence-corrected chi connectivity index (χ0v) is 12.1. The van der Waals surface area contributed by atoms with E-state index < -0.39 is 0 Å². The topological polar surface area (TPSA) is 72.7 Å². The molecule has 1 aliphatic carbocycles. The molecule has 0 aliphatic heterocycles. The fourth-order valence-corrected chi connectivity index (χ4v) is 2.88. The van der Waals surface area contributed by atoms with E-state index in [0.717, 1.165) is 17.8 Å². The summed E-state index contributed by atoms with van der Waals surface area (Å²) in [6.45, 7) is 2.73. The number of aromatic nitrogens is 4. The maximum Gasteiger partial charge on any atom is 0.251 e. The van der Waals surface area contributed by atoms with Crippen LogP contribution in [0.25, 0.3) is 5.69 Å². The lowest BCUT2D eigenvalue weighted by Crippen LogP contribution is -2.28. The van der Waals surface area contributed by atoms with Gasteiger partial charge in [0.05, 0.1) is 5.69 Å². The van der Waals surface area contributed by atoms with Gasteiger partial charge in [-0.1, -0.05) is 12.8 Å². The lowest BCUT2D eigenvalue weighted by molar-refractivity contribution is 0.0947. The van der Waals surface area contributed by atoms with Gasteiger partial charge in [0, 0.05) is 12.1 Å². The molecule has 0 unspecified atom stereocenters. The Morgan fingerprint density at radius 2 is 2.19 bits per heavy atom. The van der Waals surface area contributed by atoms with Crippen LogP contribution in [-0.2, 0) is 0 Å². The minimum absolute atomic E-state index is 0.00624. The van der Waals surface area contributed by atoms with E-state index >= 15 is 0 Å². The summed E-state index contributed by atoms with van der Waals surface area (Å²) in [5.41, 5.74) is 2.53. The number of amides is 1. The van der Waals surface area contributed by atoms with Crippen molar-refractivity contribution in [3.63, 3.8) is 0 Å². The van der Waals surface area contributed by atoms with E-state index in [9.17, 15) is 4.79 Å². The quantitative estimate of drug-likeness (QED) is 0.931. The summed E-state index contributed by atoms with van der Waals surface area (Å²) < 4.78 is 1.59. The van der Waals surface area contributed by atoms with Gasteiger partial charge in [0.15, 0.2) is 0 Å². The molecule has 110 valence electrons. The fourth-order valence-electron chi connectivity index (χ4n) is 2.88. The summed E-state index contributed by atoms with van der Waals surface area (Å²) in [7, 11) is 0. The van der Waals surface area contributed by atoms with Gasteiger partial charge >= 0.3 is 0 Å². The number of aryl methyl sites for hydroxylation is 1. The highest BCUT2D eigenvalue weighted by molar-refractivity contribution is 5.94. The van der Waals surface area contributed by atoms with E-state index in [4.69, 9.17) is 0 Å². The Bertz CT molecular complexity index is 617. The number of tetrazole rings is 1. The smallest absolute Gasteiger partial charge is 0.251 e. The number of hydrogen-bond acceptors (Lipinski definition) is 4. The summed E-state index contributed by atoms with van der Waals surface area (Å²) in [5, 5.41) is 14.1. The van der Waals surface area contributed by atoms with Gasteiger partial charge in [-0.2, -0.15) is 0 Å². The van der Waals surface area contributed by atoms with Gasteiger partial charge in [0.25, 0.3) is 5.91 Å². The van der Waals surface area contributed by atoms with Crippen molar-refractivity contribution in [1.82, 2.24) is 25.5 Å². The molecule has 1 aliphatic rings. The fraction of sp³-hybridized carbons (Fsp3) is 0.467. The third-order valence-corrected chi connectivity index (χ3v) is 4.08. The number of carbonyl (C=O) groups is 1. The number of nitrogens with zero attached hydrogens (tertiary/aromatic N) is 4. The summed E-state index contributed by atoms with van der Waals surface area (Å²) >= 11 is 0. The second kappa shape index (κ2) is 6.03. The van der Waals surface area contributed by atoms with E-state index in [2.05, 4.69) is 20.8 Å². The summed E-state index contributed by atoms with van der Waals surface area (Å²) in [5.74, 6) is 0.642. The summed E-state index contributed by atoms with van der Waals surface area (Å²) in [4.78, 5) is 12.2. The number of carbonyl (C=O) groups excluding carboxylic acids is 1. The normalized spacial score (nSPS) is 15.3. The van der Waals surface area contributed by atoms with Gasteiger partial charge in [-0.15, -0.1) is 5.10 Å². The molecule has 1 amide bonds. The Morgan fingerprint density at radius 3 is 2.86 bits per heavy atom. The van der Waals surface area contributed by atoms with E-state index in [1.165, 1.54) is 25.7 Å². The van der Waals surface area contributed by atoms with Crippen molar-refractivity contribution in [2.24, 2.45) is 5.92 Å². The van der Waals surface area contributed by atoms with Crippen molar-refractivity contribution in [2.75, 3.05) is 6.54 Å². The minimum atomic E-state index is -0.00624. The van der Waals surface area contributed by atoms with Gasteiger partial charge in [0.1, 0.15) is 6.33 Å². The maximum absolute atomic E-state index is 12.2. The monoisotopic (exact) mass is 285 g/mol. The lowest BCUT2D eigenvalue weighted by atomic mass is 10.1. The van der Waals surface area contributed by atoms with Gasteiger partial charge in [-0.05, 0) is 59.9 Å². The molecular formula is C15H19N5O. The van der Waals surface area contributed by atoms with Crippen LogP contribution in [0.5, 0.6) is 0 Å². The molecule has 0 bridgehead atoms. The molecule has 1 aromatic heterocycles. The van der Waals surface area contributed by atoms with Crippen molar-refractivity contribution >= 4 is 5.91 Å². The van der Waals surface area contributed by atoms with Crippen LogP contribution in [0.15, 0.2) is 24.5 Å². The van der Waals surface area contributed by atoms with Crippen molar-refractivity contribution in [1.29, 1.82) is 0 Å². The molecule has 6 heteroatoms. The Morgan fingerprint density at radius 1 is 1.38 bits per heavy atom. The molecule has 0 spiro atoms. The van der Waals surface area contributed by atoms with Crippen molar-refractivity contribution < 1.29 is 4.79 Å². The van der Waals surface area contributed by atoms with Crippen LogP contribution in [-0.4, -0.2) is 32.7 Å². The zero-order chi connectivity index (χ0) is 14.7. The van der Waals surface area contributed by atoms with Crippen LogP contribution in [0.4, 0.5) is 0 Å². The molecule has 0 radical (unpaired) electrons. The second-order valence-electron chi connectivity index (χ2n) is 5.62. The minimum Gasteiger partial charge on any atom is -0.352 e. The summed E-state index contributed by atoms with van der Waals surface area (Å²) in [6, 6.07) is 5.56. The highest BCUT2D eigenvalue weighted by atomic mass is 16.1. The number of hydrogen-bond donors (Lipinski definition) is 1.